The molecule has 2 aromatic carbocycles. The number of nitrogens with one attached hydrogen (secondary N) is 2. The Balaban J connectivity index is 0.00000385. The molecule has 3 aromatic rings. The van der Waals surface area contributed by atoms with Gasteiger partial charge in [0.15, 0.2) is 0 Å². The minimum Gasteiger partial charge on any atom is -0.497 e. The van der Waals surface area contributed by atoms with Crippen LogP contribution in [0.2, 0.25) is 0 Å². The zero-order valence-electron chi connectivity index (χ0n) is 18.9. The van der Waals surface area contributed by atoms with Gasteiger partial charge in [-0.25, -0.2) is 9.97 Å². The van der Waals surface area contributed by atoms with Gasteiger partial charge in [0.2, 0.25) is 5.95 Å². The van der Waals surface area contributed by atoms with Crippen molar-refractivity contribution in [1.29, 1.82) is 0 Å². The highest BCUT2D eigenvalue weighted by molar-refractivity contribution is 5.99. The van der Waals surface area contributed by atoms with Crippen molar-refractivity contribution in [2.45, 2.75) is 19.8 Å². The Bertz CT molecular complexity index is 1030. The number of rotatable bonds is 11. The predicted molar refractivity (Wildman–Crippen MR) is 128 cm³/mol. The Morgan fingerprint density at radius 1 is 1.09 bits per heavy atom. The summed E-state index contributed by atoms with van der Waals surface area (Å²) in [5, 5.41) is 6.19. The van der Waals surface area contributed by atoms with Crippen LogP contribution in [0.5, 0.6) is 5.75 Å². The van der Waals surface area contributed by atoms with Crippen LogP contribution in [0.1, 0.15) is 29.3 Å². The first kappa shape index (κ1) is 23.2. The highest BCUT2D eigenvalue weighted by Gasteiger charge is 2.16. The van der Waals surface area contributed by atoms with Gasteiger partial charge in [-0.15, -0.1) is 0 Å². The van der Waals surface area contributed by atoms with Crippen LogP contribution < -0.4 is 15.4 Å². The molecule has 0 fully saturated rings. The molecule has 1 aromatic heterocycles. The van der Waals surface area contributed by atoms with E-state index in [0.717, 1.165) is 29.7 Å². The Morgan fingerprint density at radius 3 is 2.62 bits per heavy atom. The number of aryl methyl sites for hydroxylation is 1. The third-order valence-corrected chi connectivity index (χ3v) is 4.99. The van der Waals surface area contributed by atoms with Crippen LogP contribution in [0, 0.1) is 6.92 Å². The Morgan fingerprint density at radius 2 is 1.91 bits per heavy atom. The first-order chi connectivity index (χ1) is 15.6. The average Bonchev–Trinajstić information content (AvgIpc) is 2.82. The molecule has 0 aliphatic heterocycles. The predicted octanol–water partition coefficient (Wildman–Crippen LogP) is 4.13. The summed E-state index contributed by atoms with van der Waals surface area (Å²) in [6.45, 7) is 3.81. The summed E-state index contributed by atoms with van der Waals surface area (Å²) in [6, 6.07) is 15.9. The van der Waals surface area contributed by atoms with Crippen molar-refractivity contribution >= 4 is 11.9 Å². The second-order valence-electron chi connectivity index (χ2n) is 7.45. The van der Waals surface area contributed by atoms with Crippen LogP contribution >= 0.6 is 0 Å². The van der Waals surface area contributed by atoms with E-state index >= 15 is 0 Å². The Kier molecular flexibility index (Phi) is 8.57. The van der Waals surface area contributed by atoms with Crippen molar-refractivity contribution in [2.24, 2.45) is 0 Å². The van der Waals surface area contributed by atoms with E-state index in [2.05, 4.69) is 20.6 Å². The van der Waals surface area contributed by atoms with Gasteiger partial charge in [-0.1, -0.05) is 35.9 Å². The van der Waals surface area contributed by atoms with Crippen molar-refractivity contribution in [3.05, 3.63) is 71.4 Å². The molecular weight excluding hydrogens is 404 g/mol. The van der Waals surface area contributed by atoms with Gasteiger partial charge < -0.3 is 20.1 Å². The molecule has 3 rings (SSSR count). The van der Waals surface area contributed by atoms with Gasteiger partial charge in [0, 0.05) is 40.0 Å². The maximum Gasteiger partial charge on any atom is 0.255 e. The zero-order chi connectivity index (χ0) is 22.8. The summed E-state index contributed by atoms with van der Waals surface area (Å²) in [5.74, 6) is 1.14. The molecule has 7 heteroatoms. The van der Waals surface area contributed by atoms with Crippen LogP contribution in [-0.4, -0.2) is 49.8 Å². The van der Waals surface area contributed by atoms with Gasteiger partial charge in [0.05, 0.1) is 18.4 Å². The number of anilines is 1. The molecule has 32 heavy (non-hydrogen) atoms. The number of nitrogens with zero attached hydrogens (tertiary/aromatic N) is 2. The van der Waals surface area contributed by atoms with E-state index in [1.54, 1.807) is 20.4 Å². The van der Waals surface area contributed by atoms with Crippen LogP contribution in [0.15, 0.2) is 54.7 Å². The molecule has 2 N–H and O–H groups in total. The van der Waals surface area contributed by atoms with Gasteiger partial charge >= 0.3 is 0 Å². The van der Waals surface area contributed by atoms with E-state index in [4.69, 9.17) is 9.47 Å². The normalized spacial score (nSPS) is 10.6. The van der Waals surface area contributed by atoms with E-state index in [0.29, 0.717) is 36.9 Å². The van der Waals surface area contributed by atoms with Gasteiger partial charge in [0.25, 0.3) is 5.91 Å². The van der Waals surface area contributed by atoms with Crippen LogP contribution in [0.4, 0.5) is 5.95 Å². The maximum atomic E-state index is 12.8. The van der Waals surface area contributed by atoms with Crippen LogP contribution in [0.25, 0.3) is 11.3 Å². The number of hydrogen-bond donors (Lipinski definition) is 2. The molecule has 0 radical (unpaired) electrons. The molecule has 0 saturated carbocycles. The highest BCUT2D eigenvalue weighted by Crippen LogP contribution is 2.23. The molecule has 170 valence electrons. The fraction of sp³-hybridized carbons (Fsp3) is 0.320. The fourth-order valence-corrected chi connectivity index (χ4v) is 3.27. The molecule has 0 aliphatic rings. The van der Waals surface area contributed by atoms with Crippen molar-refractivity contribution in [2.75, 3.05) is 39.2 Å². The first-order valence-electron chi connectivity index (χ1n) is 10.7. The average molecular weight is 437 g/mol. The zero-order valence-corrected chi connectivity index (χ0v) is 18.9. The fourth-order valence-electron chi connectivity index (χ4n) is 3.27. The molecule has 0 bridgehead atoms. The van der Waals surface area contributed by atoms with Crippen molar-refractivity contribution < 1.29 is 15.7 Å². The smallest absolute Gasteiger partial charge is 0.255 e. The highest BCUT2D eigenvalue weighted by atomic mass is 16.5. The number of ether oxygens (including phenoxy) is 2. The molecule has 0 spiro atoms. The van der Waals surface area contributed by atoms with E-state index in [-0.39, 0.29) is 7.33 Å². The third-order valence-electron chi connectivity index (χ3n) is 4.99. The van der Waals surface area contributed by atoms with Gasteiger partial charge in [-0.05, 0) is 43.5 Å². The second-order valence-corrected chi connectivity index (χ2v) is 7.45. The summed E-state index contributed by atoms with van der Waals surface area (Å²) >= 11 is 0. The molecule has 1 amide bonds. The third kappa shape index (κ3) is 6.52. The number of benzene rings is 2. The van der Waals surface area contributed by atoms with E-state index in [1.807, 2.05) is 55.5 Å². The molecule has 1 heterocycles. The Labute approximate surface area is 190 Å². The lowest BCUT2D eigenvalue weighted by Crippen LogP contribution is -2.26. The lowest BCUT2D eigenvalue weighted by Gasteiger charge is -2.12. The number of carbonyl (C=O) groups is 1. The lowest BCUT2D eigenvalue weighted by molar-refractivity contribution is 0.0948. The SMILES string of the molecule is COCCCNC(=O)c1cnc(NCCc2ccc(OC)cc2)nc1-c1cccc(C)c1.[HH]. The maximum absolute atomic E-state index is 12.8. The van der Waals surface area contributed by atoms with Crippen molar-refractivity contribution in [3.8, 4) is 17.0 Å². The minimum absolute atomic E-state index is 0. The van der Waals surface area contributed by atoms with Crippen LogP contribution in [0.3, 0.4) is 0 Å². The summed E-state index contributed by atoms with van der Waals surface area (Å²) in [5.41, 5.74) is 4.23. The topological polar surface area (TPSA) is 85.4 Å². The number of carbonyl (C=O) groups excluding carboxylic acids is 1. The summed E-state index contributed by atoms with van der Waals surface area (Å²) < 4.78 is 10.2. The largest absolute Gasteiger partial charge is 0.497 e. The lowest BCUT2D eigenvalue weighted by atomic mass is 10.0. The van der Waals surface area contributed by atoms with Gasteiger partial charge in [-0.2, -0.15) is 0 Å². The molecular formula is C25H32N4O3. The second kappa shape index (κ2) is 11.8. The number of methoxy groups -OCH3 is 2. The Hall–Kier alpha value is -3.45. The van der Waals surface area contributed by atoms with Gasteiger partial charge in [-0.3, -0.25) is 4.79 Å². The number of hydrogen-bond acceptors (Lipinski definition) is 6. The van der Waals surface area contributed by atoms with E-state index in [1.165, 1.54) is 5.56 Å². The van der Waals surface area contributed by atoms with Crippen molar-refractivity contribution in [1.82, 2.24) is 15.3 Å². The molecule has 0 atom stereocenters. The summed E-state index contributed by atoms with van der Waals surface area (Å²) in [7, 11) is 3.30. The van der Waals surface area contributed by atoms with Gasteiger partial charge in [0.1, 0.15) is 5.75 Å². The summed E-state index contributed by atoms with van der Waals surface area (Å²) in [6.07, 6.45) is 3.15. The van der Waals surface area contributed by atoms with Crippen LogP contribution in [-0.2, 0) is 11.2 Å². The molecule has 7 nitrogen and oxygen atoms in total. The first-order valence-corrected chi connectivity index (χ1v) is 10.7. The molecule has 0 unspecified atom stereocenters. The van der Waals surface area contributed by atoms with Crippen molar-refractivity contribution in [3.63, 3.8) is 0 Å². The monoisotopic (exact) mass is 436 g/mol. The van der Waals surface area contributed by atoms with E-state index in [9.17, 15) is 4.79 Å². The van der Waals surface area contributed by atoms with E-state index < -0.39 is 0 Å². The minimum atomic E-state index is -0.192. The summed E-state index contributed by atoms with van der Waals surface area (Å²) in [4.78, 5) is 21.9. The molecule has 0 aliphatic carbocycles. The number of aromatic nitrogens is 2. The quantitative estimate of drug-likeness (QED) is 0.440. The standard InChI is InChI=1S/C25H30N4O3.H2/c1-18-6-4-7-20(16-18)23-22(24(30)26-13-5-15-31-2)17-28-25(29-23)27-14-12-19-8-10-21(32-3)11-9-19;/h4,6-11,16-17H,5,12-15H2,1-3H3,(H,26,30)(H,27,28,29);1H. The molecule has 0 saturated heterocycles. The number of amides is 1.